The number of methoxy groups -OCH3 is 1. The molecule has 19 heavy (non-hydrogen) atoms. The molecular formula is C15H11NO2S. The highest BCUT2D eigenvalue weighted by Gasteiger charge is 2.13. The molecule has 2 aromatic rings. The van der Waals surface area contributed by atoms with E-state index in [1.165, 1.54) is 18.9 Å². The van der Waals surface area contributed by atoms with Gasteiger partial charge in [0.2, 0.25) is 0 Å². The maximum Gasteiger partial charge on any atom is 0.339 e. The Morgan fingerprint density at radius 2 is 1.74 bits per heavy atom. The molecule has 0 aliphatic rings. The SMILES string of the molecule is COC(=O)c1ccccc1Sc1ccccc1C#N. The van der Waals surface area contributed by atoms with Crippen LogP contribution in [0.1, 0.15) is 15.9 Å². The van der Waals surface area contributed by atoms with E-state index in [1.807, 2.05) is 30.3 Å². The number of esters is 1. The van der Waals surface area contributed by atoms with Crippen molar-refractivity contribution in [3.8, 4) is 6.07 Å². The Balaban J connectivity index is 2.39. The number of carbonyl (C=O) groups excluding carboxylic acids is 1. The third-order valence-electron chi connectivity index (χ3n) is 2.52. The standard InChI is InChI=1S/C15H11NO2S/c1-18-15(17)12-7-3-5-9-14(12)19-13-8-4-2-6-11(13)10-16/h2-9H,1H3. The van der Waals surface area contributed by atoms with Gasteiger partial charge in [-0.1, -0.05) is 36.0 Å². The average Bonchev–Trinajstić information content (AvgIpc) is 2.47. The second kappa shape index (κ2) is 6.07. The summed E-state index contributed by atoms with van der Waals surface area (Å²) in [5.41, 5.74) is 1.09. The van der Waals surface area contributed by atoms with Gasteiger partial charge in [-0.15, -0.1) is 0 Å². The van der Waals surface area contributed by atoms with Gasteiger partial charge in [0.05, 0.1) is 18.2 Å². The second-order valence-electron chi connectivity index (χ2n) is 3.70. The number of hydrogen-bond acceptors (Lipinski definition) is 4. The number of nitrogens with zero attached hydrogens (tertiary/aromatic N) is 1. The molecule has 0 aliphatic heterocycles. The Morgan fingerprint density at radius 3 is 2.42 bits per heavy atom. The molecule has 0 radical (unpaired) electrons. The van der Waals surface area contributed by atoms with Crippen LogP contribution in [0.3, 0.4) is 0 Å². The number of nitriles is 1. The van der Waals surface area contributed by atoms with Crippen molar-refractivity contribution >= 4 is 17.7 Å². The van der Waals surface area contributed by atoms with Crippen LogP contribution in [0.4, 0.5) is 0 Å². The van der Waals surface area contributed by atoms with E-state index < -0.39 is 0 Å². The van der Waals surface area contributed by atoms with Gasteiger partial charge in [0.25, 0.3) is 0 Å². The Labute approximate surface area is 115 Å². The minimum Gasteiger partial charge on any atom is -0.465 e. The Kier molecular flexibility index (Phi) is 4.22. The lowest BCUT2D eigenvalue weighted by molar-refractivity contribution is 0.0597. The van der Waals surface area contributed by atoms with Gasteiger partial charge in [-0.05, 0) is 24.3 Å². The maximum atomic E-state index is 11.7. The van der Waals surface area contributed by atoms with E-state index in [2.05, 4.69) is 6.07 Å². The fourth-order valence-corrected chi connectivity index (χ4v) is 2.62. The van der Waals surface area contributed by atoms with Crippen molar-refractivity contribution < 1.29 is 9.53 Å². The van der Waals surface area contributed by atoms with Crippen LogP contribution in [-0.2, 0) is 4.74 Å². The quantitative estimate of drug-likeness (QED) is 0.800. The van der Waals surface area contributed by atoms with Crippen LogP contribution in [0.25, 0.3) is 0 Å². The third kappa shape index (κ3) is 2.95. The maximum absolute atomic E-state index is 11.7. The largest absolute Gasteiger partial charge is 0.465 e. The summed E-state index contributed by atoms with van der Waals surface area (Å²) in [7, 11) is 1.35. The fourth-order valence-electron chi connectivity index (χ4n) is 1.60. The molecule has 0 saturated heterocycles. The normalized spacial score (nSPS) is 9.68. The molecule has 0 fully saturated rings. The highest BCUT2D eigenvalue weighted by Crippen LogP contribution is 2.32. The van der Waals surface area contributed by atoms with Gasteiger partial charge >= 0.3 is 5.97 Å². The van der Waals surface area contributed by atoms with E-state index in [1.54, 1.807) is 18.2 Å². The van der Waals surface area contributed by atoms with Crippen molar-refractivity contribution in [2.24, 2.45) is 0 Å². The van der Waals surface area contributed by atoms with Crippen LogP contribution in [-0.4, -0.2) is 13.1 Å². The summed E-state index contributed by atoms with van der Waals surface area (Å²) in [6.45, 7) is 0. The van der Waals surface area contributed by atoms with Gasteiger partial charge in [0, 0.05) is 9.79 Å². The molecule has 0 spiro atoms. The first kappa shape index (κ1) is 13.2. The second-order valence-corrected chi connectivity index (χ2v) is 4.78. The molecule has 0 aliphatic carbocycles. The van der Waals surface area contributed by atoms with E-state index in [0.29, 0.717) is 11.1 Å². The van der Waals surface area contributed by atoms with Crippen LogP contribution >= 0.6 is 11.8 Å². The highest BCUT2D eigenvalue weighted by molar-refractivity contribution is 7.99. The molecule has 3 nitrogen and oxygen atoms in total. The first-order chi connectivity index (χ1) is 9.26. The van der Waals surface area contributed by atoms with Gasteiger partial charge in [0.1, 0.15) is 6.07 Å². The van der Waals surface area contributed by atoms with Crippen LogP contribution in [0, 0.1) is 11.3 Å². The van der Waals surface area contributed by atoms with Crippen LogP contribution in [0.5, 0.6) is 0 Å². The lowest BCUT2D eigenvalue weighted by Crippen LogP contribution is -2.02. The van der Waals surface area contributed by atoms with Crippen LogP contribution in [0.2, 0.25) is 0 Å². The van der Waals surface area contributed by atoms with Gasteiger partial charge in [-0.25, -0.2) is 4.79 Å². The van der Waals surface area contributed by atoms with E-state index in [0.717, 1.165) is 9.79 Å². The Hall–Kier alpha value is -2.25. The number of benzene rings is 2. The van der Waals surface area contributed by atoms with Crippen molar-refractivity contribution in [3.63, 3.8) is 0 Å². The van der Waals surface area contributed by atoms with Crippen LogP contribution < -0.4 is 0 Å². The molecule has 0 saturated carbocycles. The van der Waals surface area contributed by atoms with Gasteiger partial charge < -0.3 is 4.74 Å². The van der Waals surface area contributed by atoms with E-state index in [-0.39, 0.29) is 5.97 Å². The molecule has 0 aromatic heterocycles. The minimum atomic E-state index is -0.377. The zero-order chi connectivity index (χ0) is 13.7. The number of rotatable bonds is 3. The average molecular weight is 269 g/mol. The summed E-state index contributed by atoms with van der Waals surface area (Å²) in [6.07, 6.45) is 0. The van der Waals surface area contributed by atoms with Crippen molar-refractivity contribution in [3.05, 3.63) is 59.7 Å². The summed E-state index contributed by atoms with van der Waals surface area (Å²) in [5.74, 6) is -0.377. The summed E-state index contributed by atoms with van der Waals surface area (Å²) in [6, 6.07) is 16.6. The molecule has 0 unspecified atom stereocenters. The van der Waals surface area contributed by atoms with E-state index in [4.69, 9.17) is 10.00 Å². The molecule has 0 bridgehead atoms. The molecule has 2 rings (SSSR count). The van der Waals surface area contributed by atoms with Crippen LogP contribution in [0.15, 0.2) is 58.3 Å². The minimum absolute atomic E-state index is 0.377. The predicted octanol–water partition coefficient (Wildman–Crippen LogP) is 3.50. The molecule has 0 amide bonds. The zero-order valence-electron chi connectivity index (χ0n) is 10.3. The molecule has 0 N–H and O–H groups in total. The van der Waals surface area contributed by atoms with Crippen molar-refractivity contribution in [1.82, 2.24) is 0 Å². The number of hydrogen-bond donors (Lipinski definition) is 0. The Bertz CT molecular complexity index is 647. The van der Waals surface area contributed by atoms with Crippen molar-refractivity contribution in [1.29, 1.82) is 5.26 Å². The van der Waals surface area contributed by atoms with E-state index in [9.17, 15) is 4.79 Å². The monoisotopic (exact) mass is 269 g/mol. The summed E-state index contributed by atoms with van der Waals surface area (Å²) >= 11 is 1.39. The van der Waals surface area contributed by atoms with Gasteiger partial charge in [0.15, 0.2) is 0 Å². The summed E-state index contributed by atoms with van der Waals surface area (Å²) in [4.78, 5) is 13.3. The molecule has 94 valence electrons. The van der Waals surface area contributed by atoms with Crippen molar-refractivity contribution in [2.75, 3.05) is 7.11 Å². The third-order valence-corrected chi connectivity index (χ3v) is 3.67. The van der Waals surface area contributed by atoms with Crippen molar-refractivity contribution in [2.45, 2.75) is 9.79 Å². The lowest BCUT2D eigenvalue weighted by Gasteiger charge is -2.08. The first-order valence-electron chi connectivity index (χ1n) is 5.60. The zero-order valence-corrected chi connectivity index (χ0v) is 11.1. The summed E-state index contributed by atoms with van der Waals surface area (Å²) in [5, 5.41) is 9.07. The molecule has 4 heteroatoms. The number of carbonyl (C=O) groups is 1. The molecular weight excluding hydrogens is 258 g/mol. The van der Waals surface area contributed by atoms with Gasteiger partial charge in [-0.2, -0.15) is 5.26 Å². The smallest absolute Gasteiger partial charge is 0.339 e. The molecule has 0 heterocycles. The first-order valence-corrected chi connectivity index (χ1v) is 6.42. The predicted molar refractivity (Wildman–Crippen MR) is 73.1 cm³/mol. The fraction of sp³-hybridized carbons (Fsp3) is 0.0667. The Morgan fingerprint density at radius 1 is 1.11 bits per heavy atom. The topological polar surface area (TPSA) is 50.1 Å². The lowest BCUT2D eigenvalue weighted by atomic mass is 10.2. The van der Waals surface area contributed by atoms with E-state index >= 15 is 0 Å². The highest BCUT2D eigenvalue weighted by atomic mass is 32.2. The molecule has 0 atom stereocenters. The molecule has 2 aromatic carbocycles. The summed E-state index contributed by atoms with van der Waals surface area (Å²) < 4.78 is 4.75. The number of ether oxygens (including phenoxy) is 1. The van der Waals surface area contributed by atoms with Gasteiger partial charge in [-0.3, -0.25) is 0 Å².